The molecule has 0 radical (unpaired) electrons. The maximum absolute atomic E-state index is 13.3. The summed E-state index contributed by atoms with van der Waals surface area (Å²) in [6.07, 6.45) is 2.16. The lowest BCUT2D eigenvalue weighted by Gasteiger charge is -2.19. The Hall–Kier alpha value is -4.13. The molecule has 1 aliphatic carbocycles. The molecule has 1 atom stereocenters. The fraction of sp³-hybridized carbons (Fsp3) is 0.281. The molecule has 3 aromatic carbocycles. The van der Waals surface area contributed by atoms with Crippen molar-refractivity contribution in [2.24, 2.45) is 5.92 Å². The predicted octanol–water partition coefficient (Wildman–Crippen LogP) is 4.80. The fourth-order valence-corrected chi connectivity index (χ4v) is 7.60. The standard InChI is InChI=1S/C32H35N3O7S2/c1-4-21-8-5-6-11-29(21)44(40,41)33-20-26-19-28(36)31(32(37)42-26)30(22-12-13-22)23-9-7-10-24(18-23)34-43(38,39)27-16-14-25(15-17-27)35(2)3/h5-11,14-19,22,30,33-34,36H,4,12-13,20H2,1-3H3. The number of anilines is 2. The lowest BCUT2D eigenvalue weighted by Crippen LogP contribution is -2.25. The number of aromatic hydroxyl groups is 1. The van der Waals surface area contributed by atoms with Crippen LogP contribution in [-0.2, 0) is 33.0 Å². The van der Waals surface area contributed by atoms with Gasteiger partial charge in [-0.2, -0.15) is 0 Å². The van der Waals surface area contributed by atoms with E-state index in [1.54, 1.807) is 54.6 Å². The van der Waals surface area contributed by atoms with E-state index in [9.17, 15) is 26.7 Å². The Morgan fingerprint density at radius 1 is 0.932 bits per heavy atom. The van der Waals surface area contributed by atoms with Crippen molar-refractivity contribution in [3.63, 3.8) is 0 Å². The van der Waals surface area contributed by atoms with E-state index in [2.05, 4.69) is 9.44 Å². The monoisotopic (exact) mass is 637 g/mol. The Morgan fingerprint density at radius 3 is 2.27 bits per heavy atom. The molecule has 10 nitrogen and oxygen atoms in total. The van der Waals surface area contributed by atoms with Crippen molar-refractivity contribution >= 4 is 31.4 Å². The van der Waals surface area contributed by atoms with Gasteiger partial charge in [-0.3, -0.25) is 4.72 Å². The number of benzene rings is 3. The number of rotatable bonds is 12. The van der Waals surface area contributed by atoms with Crippen molar-refractivity contribution in [1.82, 2.24) is 4.72 Å². The van der Waals surface area contributed by atoms with Gasteiger partial charge in [0.1, 0.15) is 11.5 Å². The van der Waals surface area contributed by atoms with Crippen molar-refractivity contribution < 1.29 is 26.4 Å². The van der Waals surface area contributed by atoms with Crippen LogP contribution in [0.3, 0.4) is 0 Å². The molecule has 0 saturated heterocycles. The van der Waals surface area contributed by atoms with E-state index in [4.69, 9.17) is 4.42 Å². The lowest BCUT2D eigenvalue weighted by molar-refractivity contribution is 0.401. The number of sulfonamides is 2. The third kappa shape index (κ3) is 6.82. The molecule has 1 aliphatic rings. The summed E-state index contributed by atoms with van der Waals surface area (Å²) >= 11 is 0. The number of hydrogen-bond donors (Lipinski definition) is 3. The molecule has 12 heteroatoms. The molecule has 232 valence electrons. The van der Waals surface area contributed by atoms with Gasteiger partial charge >= 0.3 is 5.63 Å². The van der Waals surface area contributed by atoms with Gasteiger partial charge in [-0.25, -0.2) is 26.4 Å². The van der Waals surface area contributed by atoms with Crippen LogP contribution in [0.25, 0.3) is 0 Å². The van der Waals surface area contributed by atoms with E-state index in [1.807, 2.05) is 25.9 Å². The molecule has 4 aromatic rings. The van der Waals surface area contributed by atoms with Gasteiger partial charge in [-0.1, -0.05) is 37.3 Å². The van der Waals surface area contributed by atoms with E-state index in [0.717, 1.165) is 18.5 Å². The maximum atomic E-state index is 13.3. The first kappa shape index (κ1) is 31.3. The van der Waals surface area contributed by atoms with E-state index < -0.39 is 31.6 Å². The highest BCUT2D eigenvalue weighted by molar-refractivity contribution is 7.92. The summed E-state index contributed by atoms with van der Waals surface area (Å²) in [4.78, 5) is 15.4. The SMILES string of the molecule is CCc1ccccc1S(=O)(=O)NCc1cc(O)c(C(c2cccc(NS(=O)(=O)c3ccc(N(C)C)cc3)c2)C2CC2)c(=O)o1. The summed E-state index contributed by atoms with van der Waals surface area (Å²) in [6.45, 7) is 1.53. The summed E-state index contributed by atoms with van der Waals surface area (Å²) in [6, 6.07) is 21.1. The van der Waals surface area contributed by atoms with Crippen molar-refractivity contribution in [2.45, 2.75) is 48.4 Å². The Bertz CT molecular complexity index is 1930. The molecule has 5 rings (SSSR count). The molecule has 1 fully saturated rings. The van der Waals surface area contributed by atoms with Crippen LogP contribution < -0.4 is 20.0 Å². The van der Waals surface area contributed by atoms with E-state index in [0.29, 0.717) is 23.2 Å². The highest BCUT2D eigenvalue weighted by Gasteiger charge is 2.37. The van der Waals surface area contributed by atoms with Crippen LogP contribution in [-0.4, -0.2) is 36.0 Å². The van der Waals surface area contributed by atoms with Crippen molar-refractivity contribution in [3.05, 3.63) is 112 Å². The molecule has 1 unspecified atom stereocenters. The molecule has 44 heavy (non-hydrogen) atoms. The zero-order valence-corrected chi connectivity index (χ0v) is 26.3. The number of nitrogens with one attached hydrogen (secondary N) is 2. The summed E-state index contributed by atoms with van der Waals surface area (Å²) in [5.41, 5.74) is 1.74. The van der Waals surface area contributed by atoms with Gasteiger partial charge in [0, 0.05) is 37.5 Å². The zero-order valence-electron chi connectivity index (χ0n) is 24.6. The number of hydrogen-bond acceptors (Lipinski definition) is 8. The Labute approximate surface area is 257 Å². The first-order valence-corrected chi connectivity index (χ1v) is 17.2. The Kier molecular flexibility index (Phi) is 8.87. The second-order valence-electron chi connectivity index (χ2n) is 11.0. The minimum absolute atomic E-state index is 0.0369. The first-order chi connectivity index (χ1) is 20.9. The van der Waals surface area contributed by atoms with Crippen molar-refractivity contribution in [2.75, 3.05) is 23.7 Å². The van der Waals surface area contributed by atoms with Crippen molar-refractivity contribution in [1.29, 1.82) is 0 Å². The van der Waals surface area contributed by atoms with Gasteiger partial charge in [0.15, 0.2) is 0 Å². The highest BCUT2D eigenvalue weighted by Crippen LogP contribution is 2.48. The Balaban J connectivity index is 1.39. The fourth-order valence-electron chi connectivity index (χ4n) is 5.25. The lowest BCUT2D eigenvalue weighted by atomic mass is 9.87. The molecule has 1 aromatic heterocycles. The minimum Gasteiger partial charge on any atom is -0.507 e. The quantitative estimate of drug-likeness (QED) is 0.201. The molecule has 1 heterocycles. The third-order valence-electron chi connectivity index (χ3n) is 7.66. The van der Waals surface area contributed by atoms with Crippen LogP contribution in [0.1, 0.15) is 48.1 Å². The third-order valence-corrected chi connectivity index (χ3v) is 10.6. The van der Waals surface area contributed by atoms with Crippen LogP contribution in [0.2, 0.25) is 0 Å². The van der Waals surface area contributed by atoms with E-state index in [1.165, 1.54) is 24.3 Å². The van der Waals surface area contributed by atoms with Gasteiger partial charge in [0.2, 0.25) is 10.0 Å². The average molecular weight is 638 g/mol. The second kappa shape index (κ2) is 12.5. The van der Waals surface area contributed by atoms with Crippen LogP contribution in [0, 0.1) is 5.92 Å². The topological polar surface area (TPSA) is 146 Å². The summed E-state index contributed by atoms with van der Waals surface area (Å²) in [5, 5.41) is 11.0. The summed E-state index contributed by atoms with van der Waals surface area (Å²) in [5.74, 6) is -0.847. The smallest absolute Gasteiger partial charge is 0.343 e. The molecule has 0 bridgehead atoms. The molecule has 3 N–H and O–H groups in total. The minimum atomic E-state index is -3.90. The summed E-state index contributed by atoms with van der Waals surface area (Å²) < 4.78 is 62.6. The number of nitrogens with zero attached hydrogens (tertiary/aromatic N) is 1. The van der Waals surface area contributed by atoms with Gasteiger partial charge in [-0.15, -0.1) is 0 Å². The van der Waals surface area contributed by atoms with Gasteiger partial charge in [0.25, 0.3) is 10.0 Å². The normalized spacial score (nSPS) is 14.2. The van der Waals surface area contributed by atoms with Crippen LogP contribution in [0.4, 0.5) is 11.4 Å². The Morgan fingerprint density at radius 2 is 1.64 bits per heavy atom. The molecular weight excluding hydrogens is 603 g/mol. The molecule has 1 saturated carbocycles. The van der Waals surface area contributed by atoms with Crippen LogP contribution in [0.5, 0.6) is 5.75 Å². The largest absolute Gasteiger partial charge is 0.507 e. The van der Waals surface area contributed by atoms with Crippen molar-refractivity contribution in [3.8, 4) is 5.75 Å². The molecular formula is C32H35N3O7S2. The summed E-state index contributed by atoms with van der Waals surface area (Å²) in [7, 11) is -4.05. The maximum Gasteiger partial charge on any atom is 0.343 e. The zero-order chi connectivity index (χ0) is 31.6. The van der Waals surface area contributed by atoms with E-state index in [-0.39, 0.29) is 39.3 Å². The van der Waals surface area contributed by atoms with Gasteiger partial charge in [0.05, 0.1) is 21.9 Å². The van der Waals surface area contributed by atoms with Crippen LogP contribution >= 0.6 is 0 Å². The average Bonchev–Trinajstić information content (AvgIpc) is 3.83. The van der Waals surface area contributed by atoms with Crippen LogP contribution in [0.15, 0.2) is 97.9 Å². The predicted molar refractivity (Wildman–Crippen MR) is 169 cm³/mol. The van der Waals surface area contributed by atoms with E-state index >= 15 is 0 Å². The molecule has 0 spiro atoms. The molecule has 0 amide bonds. The highest BCUT2D eigenvalue weighted by atomic mass is 32.2. The first-order valence-electron chi connectivity index (χ1n) is 14.2. The van der Waals surface area contributed by atoms with Gasteiger partial charge < -0.3 is 14.4 Å². The van der Waals surface area contributed by atoms with Gasteiger partial charge in [-0.05, 0) is 78.8 Å². The second-order valence-corrected chi connectivity index (χ2v) is 14.4. The number of aryl methyl sites for hydroxylation is 1. The molecule has 0 aliphatic heterocycles.